The molecule has 0 saturated carbocycles. The van der Waals surface area contributed by atoms with Crippen LogP contribution in [-0.2, 0) is 0 Å². The Bertz CT molecular complexity index is 665. The first kappa shape index (κ1) is 42.0. The molecule has 0 aliphatic heterocycles. The van der Waals surface area contributed by atoms with E-state index in [0.717, 1.165) is 41.4 Å². The molecule has 0 amide bonds. The zero-order valence-corrected chi connectivity index (χ0v) is 32.9. The second-order valence-corrected chi connectivity index (χ2v) is 19.0. The van der Waals surface area contributed by atoms with Gasteiger partial charge in [0.05, 0.1) is 0 Å². The highest BCUT2D eigenvalue weighted by atomic mass is 14.5. The fourth-order valence-corrected chi connectivity index (χ4v) is 9.50. The molecule has 0 nitrogen and oxygen atoms in total. The lowest BCUT2D eigenvalue weighted by Gasteiger charge is -2.50. The second kappa shape index (κ2) is 18.8. The number of rotatable bonds is 22. The molecule has 7 atom stereocenters. The SMILES string of the molecule is CCCC(CC)C(C)(C)C(C(C)CCCC(C)C(C)CC(C)CCC(CCC(C)(CC)CC)CC(C)(C)C)C(C)(C)C. The third kappa shape index (κ3) is 15.3. The molecular weight excluding hydrogens is 504 g/mol. The lowest BCUT2D eigenvalue weighted by atomic mass is 9.55. The lowest BCUT2D eigenvalue weighted by Crippen LogP contribution is -2.43. The maximum Gasteiger partial charge on any atom is -0.0285 e. The fourth-order valence-electron chi connectivity index (χ4n) is 9.50. The minimum Gasteiger partial charge on any atom is -0.0654 e. The van der Waals surface area contributed by atoms with Gasteiger partial charge in [0.25, 0.3) is 0 Å². The zero-order chi connectivity index (χ0) is 32.9. The molecule has 0 aliphatic rings. The van der Waals surface area contributed by atoms with E-state index in [-0.39, 0.29) is 0 Å². The first-order chi connectivity index (χ1) is 19.2. The summed E-state index contributed by atoms with van der Waals surface area (Å²) in [5, 5.41) is 0. The quantitative estimate of drug-likeness (QED) is 0.118. The first-order valence-electron chi connectivity index (χ1n) is 19.2. The molecule has 7 unspecified atom stereocenters. The standard InChI is InChI=1S/C42H86/c1-18-23-37(19-2)41(15,16)38(40(12,13)14)34(7)25-22-24-33(6)35(8)30-32(5)26-27-36(31-39(9,10)11)28-29-42(17,20-3)21-4/h32-38H,18-31H2,1-17H3. The van der Waals surface area contributed by atoms with Crippen LogP contribution in [0, 0.1) is 63.1 Å². The number of hydrogen-bond donors (Lipinski definition) is 0. The van der Waals surface area contributed by atoms with E-state index in [1.54, 1.807) is 0 Å². The van der Waals surface area contributed by atoms with Crippen LogP contribution in [0.25, 0.3) is 0 Å². The van der Waals surface area contributed by atoms with Crippen molar-refractivity contribution >= 4 is 0 Å². The smallest absolute Gasteiger partial charge is 0.0285 e. The molecule has 0 aromatic heterocycles. The van der Waals surface area contributed by atoms with Crippen molar-refractivity contribution in [1.82, 2.24) is 0 Å². The van der Waals surface area contributed by atoms with Crippen molar-refractivity contribution in [3.05, 3.63) is 0 Å². The zero-order valence-electron chi connectivity index (χ0n) is 32.9. The molecule has 0 aromatic rings. The van der Waals surface area contributed by atoms with E-state index < -0.39 is 0 Å². The molecule has 42 heavy (non-hydrogen) atoms. The topological polar surface area (TPSA) is 0 Å². The Hall–Kier alpha value is 0. The predicted molar refractivity (Wildman–Crippen MR) is 195 cm³/mol. The highest BCUT2D eigenvalue weighted by Gasteiger charge is 2.44. The largest absolute Gasteiger partial charge is 0.0654 e. The Morgan fingerprint density at radius 3 is 1.57 bits per heavy atom. The molecular formula is C42H86. The van der Waals surface area contributed by atoms with Gasteiger partial charge in [-0.05, 0) is 88.8 Å². The normalized spacial score (nSPS) is 18.8. The van der Waals surface area contributed by atoms with E-state index in [0.29, 0.717) is 21.7 Å². The van der Waals surface area contributed by atoms with Gasteiger partial charge >= 0.3 is 0 Å². The van der Waals surface area contributed by atoms with Crippen LogP contribution in [-0.4, -0.2) is 0 Å². The summed E-state index contributed by atoms with van der Waals surface area (Å²) < 4.78 is 0. The molecule has 0 fully saturated rings. The molecule has 254 valence electrons. The Balaban J connectivity index is 5.02. The van der Waals surface area contributed by atoms with Gasteiger partial charge in [0.15, 0.2) is 0 Å². The van der Waals surface area contributed by atoms with E-state index in [1.165, 1.54) is 89.9 Å². The van der Waals surface area contributed by atoms with Gasteiger partial charge in [-0.3, -0.25) is 0 Å². The van der Waals surface area contributed by atoms with Crippen molar-refractivity contribution in [2.75, 3.05) is 0 Å². The van der Waals surface area contributed by atoms with Gasteiger partial charge in [-0.25, -0.2) is 0 Å². The van der Waals surface area contributed by atoms with Crippen molar-refractivity contribution in [3.8, 4) is 0 Å². The average Bonchev–Trinajstić information content (AvgIpc) is 2.86. The van der Waals surface area contributed by atoms with Crippen LogP contribution in [0.4, 0.5) is 0 Å². The Labute approximate surface area is 270 Å². The molecule has 0 aromatic carbocycles. The minimum atomic E-state index is 0.356. The fraction of sp³-hybridized carbons (Fsp3) is 1.00. The maximum atomic E-state index is 2.60. The van der Waals surface area contributed by atoms with Gasteiger partial charge in [-0.1, -0.05) is 182 Å². The average molecular weight is 591 g/mol. The van der Waals surface area contributed by atoms with Gasteiger partial charge in [0.1, 0.15) is 0 Å². The van der Waals surface area contributed by atoms with Crippen LogP contribution in [0.2, 0.25) is 0 Å². The summed E-state index contributed by atoms with van der Waals surface area (Å²) in [6, 6.07) is 0. The Kier molecular flexibility index (Phi) is 18.8. The highest BCUT2D eigenvalue weighted by Crippen LogP contribution is 2.52. The van der Waals surface area contributed by atoms with Crippen LogP contribution >= 0.6 is 0 Å². The van der Waals surface area contributed by atoms with E-state index in [1.807, 2.05) is 0 Å². The molecule has 0 aliphatic carbocycles. The molecule has 0 radical (unpaired) electrons. The molecule has 0 rings (SSSR count). The van der Waals surface area contributed by atoms with Gasteiger partial charge < -0.3 is 0 Å². The summed E-state index contributed by atoms with van der Waals surface area (Å²) in [5.41, 5.74) is 1.73. The van der Waals surface area contributed by atoms with Crippen LogP contribution in [0.15, 0.2) is 0 Å². The molecule has 0 bridgehead atoms. The summed E-state index contributed by atoms with van der Waals surface area (Å²) in [4.78, 5) is 0. The lowest BCUT2D eigenvalue weighted by molar-refractivity contribution is -0.0156. The van der Waals surface area contributed by atoms with E-state index in [9.17, 15) is 0 Å². The van der Waals surface area contributed by atoms with Crippen molar-refractivity contribution in [2.45, 2.75) is 208 Å². The Morgan fingerprint density at radius 1 is 0.571 bits per heavy atom. The van der Waals surface area contributed by atoms with Crippen LogP contribution < -0.4 is 0 Å². The van der Waals surface area contributed by atoms with Gasteiger partial charge in [0, 0.05) is 0 Å². The summed E-state index contributed by atoms with van der Waals surface area (Å²) in [7, 11) is 0. The monoisotopic (exact) mass is 591 g/mol. The van der Waals surface area contributed by atoms with Crippen molar-refractivity contribution in [2.24, 2.45) is 63.1 Å². The Morgan fingerprint density at radius 2 is 1.12 bits per heavy atom. The third-order valence-corrected chi connectivity index (χ3v) is 12.4. The summed E-state index contributed by atoms with van der Waals surface area (Å²) in [6.45, 7) is 42.5. The van der Waals surface area contributed by atoms with Crippen LogP contribution in [0.5, 0.6) is 0 Å². The molecule has 0 N–H and O–H groups in total. The highest BCUT2D eigenvalue weighted by molar-refractivity contribution is 4.93. The minimum absolute atomic E-state index is 0.356. The molecule has 0 heteroatoms. The number of hydrogen-bond acceptors (Lipinski definition) is 0. The summed E-state index contributed by atoms with van der Waals surface area (Å²) >= 11 is 0. The molecule has 0 spiro atoms. The maximum absolute atomic E-state index is 2.60. The molecule has 0 saturated heterocycles. The van der Waals surface area contributed by atoms with E-state index >= 15 is 0 Å². The van der Waals surface area contributed by atoms with Gasteiger partial charge in [-0.15, -0.1) is 0 Å². The van der Waals surface area contributed by atoms with Crippen molar-refractivity contribution in [1.29, 1.82) is 0 Å². The van der Waals surface area contributed by atoms with Crippen molar-refractivity contribution < 1.29 is 0 Å². The van der Waals surface area contributed by atoms with E-state index in [2.05, 4.69) is 118 Å². The predicted octanol–water partition coefficient (Wildman–Crippen LogP) is 15.0. The first-order valence-corrected chi connectivity index (χ1v) is 19.2. The summed E-state index contributed by atoms with van der Waals surface area (Å²) in [6.07, 6.45) is 19.3. The van der Waals surface area contributed by atoms with Crippen LogP contribution in [0.1, 0.15) is 208 Å². The molecule has 0 heterocycles. The van der Waals surface area contributed by atoms with Crippen molar-refractivity contribution in [3.63, 3.8) is 0 Å². The van der Waals surface area contributed by atoms with Crippen LogP contribution in [0.3, 0.4) is 0 Å². The second-order valence-electron chi connectivity index (χ2n) is 19.0. The van der Waals surface area contributed by atoms with Gasteiger partial charge in [0.2, 0.25) is 0 Å². The third-order valence-electron chi connectivity index (χ3n) is 12.4. The van der Waals surface area contributed by atoms with Gasteiger partial charge in [-0.2, -0.15) is 0 Å². The van der Waals surface area contributed by atoms with E-state index in [4.69, 9.17) is 0 Å². The summed E-state index contributed by atoms with van der Waals surface area (Å²) in [5.74, 6) is 5.80.